The molecule has 3 aromatic rings. The van der Waals surface area contributed by atoms with Crippen LogP contribution in [0.4, 0.5) is 0 Å². The number of ether oxygens (including phenoxy) is 4. The summed E-state index contributed by atoms with van der Waals surface area (Å²) in [5.41, 5.74) is 1.20. The van der Waals surface area contributed by atoms with Gasteiger partial charge < -0.3 is 48.9 Å². The predicted octanol–water partition coefficient (Wildman–Crippen LogP) is 10.9. The summed E-state index contributed by atoms with van der Waals surface area (Å²) in [5.74, 6) is 2.64. The predicted molar refractivity (Wildman–Crippen MR) is 270 cm³/mol. The molecule has 1 aromatic heterocycles. The highest BCUT2D eigenvalue weighted by Crippen LogP contribution is 2.34. The lowest BCUT2D eigenvalue weighted by Crippen LogP contribution is -2.23. The van der Waals surface area contributed by atoms with Gasteiger partial charge in [0.2, 0.25) is 11.2 Å². The molecular formula is C55H84O13. The number of carbonyl (C=O) groups excluding carboxylic acids is 2. The van der Waals surface area contributed by atoms with E-state index in [0.29, 0.717) is 29.5 Å². The number of allylic oxidation sites excluding steroid dienone is 1. The lowest BCUT2D eigenvalue weighted by molar-refractivity contribution is -0.145. The van der Waals surface area contributed by atoms with Gasteiger partial charge in [-0.15, -0.1) is 18.9 Å². The van der Waals surface area contributed by atoms with Crippen LogP contribution in [0, 0.1) is 12.3 Å². The van der Waals surface area contributed by atoms with Crippen molar-refractivity contribution in [1.29, 1.82) is 0 Å². The number of unbranched alkanes of at least 4 members (excludes halogenated alkanes) is 18. The molecule has 68 heavy (non-hydrogen) atoms. The zero-order valence-electron chi connectivity index (χ0n) is 41.6. The van der Waals surface area contributed by atoms with Gasteiger partial charge in [-0.2, -0.15) is 0 Å². The van der Waals surface area contributed by atoms with E-state index < -0.39 is 36.4 Å². The highest BCUT2D eigenvalue weighted by molar-refractivity contribution is 5.88. The Bertz CT molecular complexity index is 1880. The number of rotatable bonds is 34. The van der Waals surface area contributed by atoms with Crippen molar-refractivity contribution in [2.24, 2.45) is 0 Å². The number of aromatic hydroxyl groups is 1. The number of aliphatic hydroxyl groups excluding tert-OH is 4. The minimum Gasteiger partial charge on any atom is -0.504 e. The van der Waals surface area contributed by atoms with Crippen LogP contribution in [0.15, 0.2) is 64.5 Å². The number of phenolic OH excluding ortho intramolecular Hbond substituents is 1. The van der Waals surface area contributed by atoms with Crippen molar-refractivity contribution in [2.45, 2.75) is 192 Å². The van der Waals surface area contributed by atoms with Crippen LogP contribution in [-0.2, 0) is 19.1 Å². The molecule has 0 radical (unpaired) electrons. The average molecular weight is 953 g/mol. The molecule has 0 fully saturated rings. The number of hydrogen-bond donors (Lipinski definition) is 5. The molecule has 0 saturated heterocycles. The Kier molecular flexibility index (Phi) is 35.1. The molecule has 4 unspecified atom stereocenters. The number of aliphatic hydroxyl groups is 4. The second kappa shape index (κ2) is 39.0. The third kappa shape index (κ3) is 29.1. The fourth-order valence-electron chi connectivity index (χ4n) is 7.51. The smallest absolute Gasteiger partial charge is 0.302 e. The molecule has 0 bridgehead atoms. The van der Waals surface area contributed by atoms with Crippen molar-refractivity contribution in [3.8, 4) is 40.7 Å². The van der Waals surface area contributed by atoms with Gasteiger partial charge in [-0.3, -0.25) is 14.4 Å². The van der Waals surface area contributed by atoms with E-state index in [-0.39, 0.29) is 48.6 Å². The normalized spacial score (nSPS) is 12.5. The van der Waals surface area contributed by atoms with Gasteiger partial charge in [-0.25, -0.2) is 0 Å². The molecule has 0 saturated carbocycles. The first-order valence-electron chi connectivity index (χ1n) is 24.8. The molecule has 0 spiro atoms. The molecule has 0 aliphatic carbocycles. The largest absolute Gasteiger partial charge is 0.504 e. The zero-order valence-corrected chi connectivity index (χ0v) is 41.6. The number of terminal acetylenes is 1. The monoisotopic (exact) mass is 953 g/mol. The number of hydrogen-bond acceptors (Lipinski definition) is 13. The Balaban J connectivity index is 0.000000510. The van der Waals surface area contributed by atoms with Crippen LogP contribution in [0.3, 0.4) is 0 Å². The van der Waals surface area contributed by atoms with Crippen LogP contribution < -0.4 is 14.9 Å². The standard InChI is InChI=1S/C19H36O4.C19H34O4.C17H14O5/c2*1-3-4-5-6-7-8-9-10-11-12-13-14-18(21)15-19(22)16-23-17(2)20;1-20-11-5-3-10(4-6-11)13-9-22-16-12(15(13)19)7-8-14(18)17(16)21-2/h3,18-19,21-22H,1,4-16H2,2H3;1,18-19,21-22H,4-16H2,2H3;3-9,18H,1-2H3. The summed E-state index contributed by atoms with van der Waals surface area (Å²) in [7, 11) is 2.99. The van der Waals surface area contributed by atoms with Crippen molar-refractivity contribution in [2.75, 3.05) is 27.4 Å². The molecule has 0 aliphatic heterocycles. The summed E-state index contributed by atoms with van der Waals surface area (Å²) in [6.45, 7) is 6.28. The van der Waals surface area contributed by atoms with Gasteiger partial charge >= 0.3 is 11.9 Å². The van der Waals surface area contributed by atoms with E-state index in [2.05, 4.69) is 12.5 Å². The van der Waals surface area contributed by atoms with Crippen LogP contribution in [0.25, 0.3) is 22.1 Å². The van der Waals surface area contributed by atoms with Gasteiger partial charge in [-0.1, -0.05) is 121 Å². The van der Waals surface area contributed by atoms with Crippen LogP contribution in [0.1, 0.15) is 168 Å². The van der Waals surface area contributed by atoms with E-state index in [0.717, 1.165) is 50.5 Å². The molecule has 5 N–H and O–H groups in total. The van der Waals surface area contributed by atoms with Gasteiger partial charge in [-0.05, 0) is 61.9 Å². The molecule has 3 rings (SSSR count). The Morgan fingerprint density at radius 2 is 1.12 bits per heavy atom. The summed E-state index contributed by atoms with van der Waals surface area (Å²) >= 11 is 0. The lowest BCUT2D eigenvalue weighted by Gasteiger charge is -2.15. The summed E-state index contributed by atoms with van der Waals surface area (Å²) in [5, 5.41) is 48.9. The van der Waals surface area contributed by atoms with E-state index in [1.165, 1.54) is 123 Å². The quantitative estimate of drug-likeness (QED) is 0.0164. The van der Waals surface area contributed by atoms with Crippen molar-refractivity contribution in [3.05, 3.63) is 65.5 Å². The maximum Gasteiger partial charge on any atom is 0.302 e. The third-order valence-corrected chi connectivity index (χ3v) is 11.3. The summed E-state index contributed by atoms with van der Waals surface area (Å²) < 4.78 is 25.1. The van der Waals surface area contributed by atoms with Crippen molar-refractivity contribution < 1.29 is 58.5 Å². The minimum absolute atomic E-state index is 0.0286. The molecule has 4 atom stereocenters. The molecule has 0 amide bonds. The molecule has 2 aromatic carbocycles. The maximum absolute atomic E-state index is 12.6. The van der Waals surface area contributed by atoms with E-state index in [1.54, 1.807) is 31.4 Å². The molecule has 0 aliphatic rings. The lowest BCUT2D eigenvalue weighted by atomic mass is 10.0. The Labute approximate surface area is 406 Å². The highest BCUT2D eigenvalue weighted by atomic mass is 16.5. The van der Waals surface area contributed by atoms with Crippen LogP contribution >= 0.6 is 0 Å². The summed E-state index contributed by atoms with van der Waals surface area (Å²) in [6, 6.07) is 10.1. The van der Waals surface area contributed by atoms with Crippen LogP contribution in [0.2, 0.25) is 0 Å². The molecule has 1 heterocycles. The number of methoxy groups -OCH3 is 2. The Morgan fingerprint density at radius 3 is 1.54 bits per heavy atom. The van der Waals surface area contributed by atoms with E-state index in [4.69, 9.17) is 29.8 Å². The fourth-order valence-corrected chi connectivity index (χ4v) is 7.51. The molecular weight excluding hydrogens is 869 g/mol. The fraction of sp³-hybridized carbons (Fsp3) is 0.618. The summed E-state index contributed by atoms with van der Waals surface area (Å²) in [4.78, 5) is 33.9. The number of carbonyl (C=O) groups is 2. The number of benzene rings is 2. The van der Waals surface area contributed by atoms with Gasteiger partial charge in [0, 0.05) is 33.1 Å². The van der Waals surface area contributed by atoms with E-state index in [9.17, 15) is 39.9 Å². The van der Waals surface area contributed by atoms with Crippen LogP contribution in [-0.4, -0.2) is 89.3 Å². The number of fused-ring (bicyclic) bond motifs is 1. The van der Waals surface area contributed by atoms with Gasteiger partial charge in [0.15, 0.2) is 11.3 Å². The zero-order chi connectivity index (χ0) is 50.4. The second-order valence-corrected chi connectivity index (χ2v) is 17.4. The van der Waals surface area contributed by atoms with Crippen molar-refractivity contribution >= 4 is 22.9 Å². The molecule has 382 valence electrons. The molecule has 13 heteroatoms. The highest BCUT2D eigenvalue weighted by Gasteiger charge is 2.17. The van der Waals surface area contributed by atoms with Gasteiger partial charge in [0.1, 0.15) is 25.2 Å². The van der Waals surface area contributed by atoms with Gasteiger partial charge in [0.25, 0.3) is 0 Å². The molecule has 13 nitrogen and oxygen atoms in total. The Hall–Kier alpha value is -4.87. The van der Waals surface area contributed by atoms with Gasteiger partial charge in [0.05, 0.1) is 49.6 Å². The van der Waals surface area contributed by atoms with Crippen LogP contribution in [0.5, 0.6) is 17.2 Å². The summed E-state index contributed by atoms with van der Waals surface area (Å²) in [6.07, 6.45) is 31.9. The Morgan fingerprint density at radius 1 is 0.662 bits per heavy atom. The van der Waals surface area contributed by atoms with E-state index in [1.807, 2.05) is 6.08 Å². The number of esters is 2. The minimum atomic E-state index is -0.775. The SMILES string of the molecule is C#CCCCCCCCCCCCC(O)CC(O)COC(C)=O.C=CCCCCCCCCCCCC(O)CC(O)COC(C)=O.COc1ccc(-c2coc3c(OC)c(O)ccc3c2=O)cc1. The first-order valence-corrected chi connectivity index (χ1v) is 24.8. The number of phenols is 1. The van der Waals surface area contributed by atoms with Crippen molar-refractivity contribution in [1.82, 2.24) is 0 Å². The van der Waals surface area contributed by atoms with Crippen molar-refractivity contribution in [3.63, 3.8) is 0 Å². The topological polar surface area (TPSA) is 202 Å². The second-order valence-electron chi connectivity index (χ2n) is 17.4. The maximum atomic E-state index is 12.6. The first-order chi connectivity index (χ1) is 32.8. The average Bonchev–Trinajstić information content (AvgIpc) is 3.31. The third-order valence-electron chi connectivity index (χ3n) is 11.3. The van der Waals surface area contributed by atoms with E-state index >= 15 is 0 Å². The first kappa shape index (κ1) is 61.1.